The van der Waals surface area contributed by atoms with E-state index in [1.165, 1.54) is 29.5 Å². The van der Waals surface area contributed by atoms with Gasteiger partial charge in [-0.2, -0.15) is 0 Å². The molecule has 0 radical (unpaired) electrons. The lowest BCUT2D eigenvalue weighted by Gasteiger charge is -2.17. The summed E-state index contributed by atoms with van der Waals surface area (Å²) < 4.78 is 0. The molecule has 3 nitrogen and oxygen atoms in total. The zero-order valence-corrected chi connectivity index (χ0v) is 12.8. The molecule has 0 spiro atoms. The Morgan fingerprint density at radius 1 is 1.50 bits per heavy atom. The molecule has 2 atom stereocenters. The number of hydrogen-bond acceptors (Lipinski definition) is 4. The molecule has 1 aromatic rings. The lowest BCUT2D eigenvalue weighted by molar-refractivity contribution is 0.423. The van der Waals surface area contributed by atoms with Gasteiger partial charge in [0.2, 0.25) is 0 Å². The van der Waals surface area contributed by atoms with Gasteiger partial charge in [0.25, 0.3) is 0 Å². The van der Waals surface area contributed by atoms with Crippen LogP contribution >= 0.6 is 11.3 Å². The average molecular weight is 267 g/mol. The van der Waals surface area contributed by atoms with Crippen LogP contribution in [-0.2, 0) is 0 Å². The summed E-state index contributed by atoms with van der Waals surface area (Å²) in [5.41, 5.74) is 0. The van der Waals surface area contributed by atoms with Gasteiger partial charge in [0.15, 0.2) is 5.13 Å². The molecule has 0 aromatic carbocycles. The predicted molar refractivity (Wildman–Crippen MR) is 79.4 cm³/mol. The highest BCUT2D eigenvalue weighted by atomic mass is 32.1. The highest BCUT2D eigenvalue weighted by Crippen LogP contribution is 2.32. The quantitative estimate of drug-likeness (QED) is 0.887. The molecule has 2 heterocycles. The molecule has 1 aromatic heterocycles. The summed E-state index contributed by atoms with van der Waals surface area (Å²) in [5.74, 6) is 1.62. The van der Waals surface area contributed by atoms with Gasteiger partial charge < -0.3 is 10.2 Å². The molecule has 4 heteroatoms. The zero-order valence-electron chi connectivity index (χ0n) is 11.9. The Morgan fingerprint density at radius 2 is 2.28 bits per heavy atom. The largest absolute Gasteiger partial charge is 0.348 e. The van der Waals surface area contributed by atoms with Crippen molar-refractivity contribution in [2.24, 2.45) is 11.8 Å². The summed E-state index contributed by atoms with van der Waals surface area (Å²) in [5, 5.41) is 4.65. The lowest BCUT2D eigenvalue weighted by Crippen LogP contribution is -2.20. The molecule has 2 unspecified atom stereocenters. The van der Waals surface area contributed by atoms with Gasteiger partial charge in [0.1, 0.15) is 0 Å². The monoisotopic (exact) mass is 267 g/mol. The molecule has 1 aliphatic rings. The molecule has 0 amide bonds. The number of nitrogens with zero attached hydrogens (tertiary/aromatic N) is 2. The lowest BCUT2D eigenvalue weighted by atomic mass is 9.95. The number of nitrogens with one attached hydrogen (secondary N) is 1. The first-order valence-electron chi connectivity index (χ1n) is 7.05. The van der Waals surface area contributed by atoms with Gasteiger partial charge >= 0.3 is 0 Å². The maximum atomic E-state index is 4.60. The maximum Gasteiger partial charge on any atom is 0.185 e. The number of hydrogen-bond donors (Lipinski definition) is 1. The molecule has 0 saturated carbocycles. The van der Waals surface area contributed by atoms with E-state index in [4.69, 9.17) is 0 Å². The Hall–Kier alpha value is -0.610. The third-order valence-corrected chi connectivity index (χ3v) is 5.13. The van der Waals surface area contributed by atoms with Crippen molar-refractivity contribution in [3.63, 3.8) is 0 Å². The normalized spacial score (nSPS) is 21.8. The fourth-order valence-corrected chi connectivity index (χ4v) is 3.51. The Morgan fingerprint density at radius 3 is 2.89 bits per heavy atom. The SMILES string of the molecule is CCNC(C)c1cnc(N2CCC(C(C)C)C2)s1. The topological polar surface area (TPSA) is 28.2 Å². The van der Waals surface area contributed by atoms with E-state index in [9.17, 15) is 0 Å². The minimum absolute atomic E-state index is 0.421. The molecule has 2 rings (SSSR count). The smallest absolute Gasteiger partial charge is 0.185 e. The van der Waals surface area contributed by atoms with Crippen LogP contribution in [0, 0.1) is 11.8 Å². The van der Waals surface area contributed by atoms with E-state index in [0.29, 0.717) is 6.04 Å². The summed E-state index contributed by atoms with van der Waals surface area (Å²) >= 11 is 1.84. The summed E-state index contributed by atoms with van der Waals surface area (Å²) in [7, 11) is 0. The van der Waals surface area contributed by atoms with Crippen molar-refractivity contribution < 1.29 is 0 Å². The summed E-state index contributed by atoms with van der Waals surface area (Å²) in [6, 6.07) is 0.421. The van der Waals surface area contributed by atoms with Crippen molar-refractivity contribution in [1.29, 1.82) is 0 Å². The standard InChI is InChI=1S/C14H25N3S/c1-5-15-11(4)13-8-16-14(18-13)17-7-6-12(9-17)10(2)3/h8,10-12,15H,5-7,9H2,1-4H3. The zero-order chi connectivity index (χ0) is 13.1. The molecular weight excluding hydrogens is 242 g/mol. The second-order valence-electron chi connectivity index (χ2n) is 5.56. The Labute approximate surface area is 115 Å². The van der Waals surface area contributed by atoms with E-state index >= 15 is 0 Å². The number of rotatable bonds is 5. The van der Waals surface area contributed by atoms with E-state index in [1.54, 1.807) is 0 Å². The molecule has 18 heavy (non-hydrogen) atoms. The van der Waals surface area contributed by atoms with Crippen LogP contribution in [0.1, 0.15) is 45.0 Å². The first kappa shape index (κ1) is 13.8. The van der Waals surface area contributed by atoms with Crippen molar-refractivity contribution >= 4 is 16.5 Å². The molecule has 1 saturated heterocycles. The fraction of sp³-hybridized carbons (Fsp3) is 0.786. The molecule has 0 aliphatic carbocycles. The molecule has 1 fully saturated rings. The second-order valence-corrected chi connectivity index (χ2v) is 6.60. The van der Waals surface area contributed by atoms with Crippen LogP contribution in [0.4, 0.5) is 5.13 Å². The molecule has 0 bridgehead atoms. The fourth-order valence-electron chi connectivity index (χ4n) is 2.54. The van der Waals surface area contributed by atoms with Crippen molar-refractivity contribution in [1.82, 2.24) is 10.3 Å². The van der Waals surface area contributed by atoms with Gasteiger partial charge in [0, 0.05) is 30.2 Å². The Kier molecular flexibility index (Phi) is 4.62. The maximum absolute atomic E-state index is 4.60. The van der Waals surface area contributed by atoms with Crippen LogP contribution < -0.4 is 10.2 Å². The second kappa shape index (κ2) is 6.02. The van der Waals surface area contributed by atoms with Crippen molar-refractivity contribution in [3.8, 4) is 0 Å². The third-order valence-electron chi connectivity index (χ3n) is 3.89. The first-order valence-corrected chi connectivity index (χ1v) is 7.87. The van der Waals surface area contributed by atoms with E-state index in [2.05, 4.69) is 42.9 Å². The number of aromatic nitrogens is 1. The molecule has 1 aliphatic heterocycles. The van der Waals surface area contributed by atoms with E-state index in [0.717, 1.165) is 18.4 Å². The molecule has 102 valence electrons. The molecule has 1 N–H and O–H groups in total. The summed E-state index contributed by atoms with van der Waals surface area (Å²) in [4.78, 5) is 8.40. The number of thiazole rings is 1. The predicted octanol–water partition coefficient (Wildman–Crippen LogP) is 3.30. The first-order chi connectivity index (χ1) is 8.61. The van der Waals surface area contributed by atoms with E-state index in [-0.39, 0.29) is 0 Å². The van der Waals surface area contributed by atoms with Crippen LogP contribution in [0.25, 0.3) is 0 Å². The summed E-state index contributed by atoms with van der Waals surface area (Å²) in [6.07, 6.45) is 3.35. The Bertz CT molecular complexity index is 375. The third kappa shape index (κ3) is 3.04. The van der Waals surface area contributed by atoms with Crippen molar-refractivity contribution in [2.45, 2.75) is 40.2 Å². The highest BCUT2D eigenvalue weighted by molar-refractivity contribution is 7.15. The van der Waals surface area contributed by atoms with Crippen molar-refractivity contribution in [3.05, 3.63) is 11.1 Å². The van der Waals surface area contributed by atoms with Crippen LogP contribution in [0.3, 0.4) is 0 Å². The van der Waals surface area contributed by atoms with Crippen LogP contribution in [-0.4, -0.2) is 24.6 Å². The minimum Gasteiger partial charge on any atom is -0.348 e. The van der Waals surface area contributed by atoms with E-state index in [1.807, 2.05) is 17.5 Å². The Balaban J connectivity index is 1.98. The molecular formula is C14H25N3S. The van der Waals surface area contributed by atoms with Crippen LogP contribution in [0.2, 0.25) is 0 Å². The number of anilines is 1. The van der Waals surface area contributed by atoms with Crippen LogP contribution in [0.15, 0.2) is 6.20 Å². The van der Waals surface area contributed by atoms with Gasteiger partial charge in [-0.05, 0) is 31.7 Å². The van der Waals surface area contributed by atoms with Gasteiger partial charge in [-0.3, -0.25) is 0 Å². The van der Waals surface area contributed by atoms with Gasteiger partial charge in [-0.15, -0.1) is 11.3 Å². The van der Waals surface area contributed by atoms with Crippen molar-refractivity contribution in [2.75, 3.05) is 24.5 Å². The minimum atomic E-state index is 0.421. The highest BCUT2D eigenvalue weighted by Gasteiger charge is 2.26. The van der Waals surface area contributed by atoms with E-state index < -0.39 is 0 Å². The average Bonchev–Trinajstić information content (AvgIpc) is 2.98. The van der Waals surface area contributed by atoms with Gasteiger partial charge in [-0.25, -0.2) is 4.98 Å². The van der Waals surface area contributed by atoms with Crippen LogP contribution in [0.5, 0.6) is 0 Å². The van der Waals surface area contributed by atoms with Gasteiger partial charge in [-0.1, -0.05) is 20.8 Å². The summed E-state index contributed by atoms with van der Waals surface area (Å²) in [6.45, 7) is 12.4. The van der Waals surface area contributed by atoms with Gasteiger partial charge in [0.05, 0.1) is 0 Å².